The topological polar surface area (TPSA) is 82.5 Å². The fourth-order valence-corrected chi connectivity index (χ4v) is 5.97. The maximum absolute atomic E-state index is 12.5. The van der Waals surface area contributed by atoms with E-state index < -0.39 is 5.60 Å². The van der Waals surface area contributed by atoms with Gasteiger partial charge in [0.25, 0.3) is 0 Å². The quantitative estimate of drug-likeness (QED) is 0.525. The van der Waals surface area contributed by atoms with Crippen molar-refractivity contribution in [2.45, 2.75) is 45.6 Å². The molecule has 2 aliphatic heterocycles. The first-order valence-electron chi connectivity index (χ1n) is 13.4. The van der Waals surface area contributed by atoms with Crippen molar-refractivity contribution in [3.8, 4) is 11.4 Å². The van der Waals surface area contributed by atoms with Crippen LogP contribution >= 0.6 is 0 Å². The van der Waals surface area contributed by atoms with Gasteiger partial charge in [0.05, 0.1) is 5.69 Å². The number of hydrogen-bond acceptors (Lipinski definition) is 6. The number of rotatable bonds is 6. The van der Waals surface area contributed by atoms with Crippen LogP contribution in [-0.2, 0) is 10.4 Å². The lowest BCUT2D eigenvalue weighted by Crippen LogP contribution is -2.63. The van der Waals surface area contributed by atoms with Crippen molar-refractivity contribution >= 4 is 11.5 Å². The van der Waals surface area contributed by atoms with Crippen LogP contribution in [0.5, 0.6) is 0 Å². The zero-order valence-corrected chi connectivity index (χ0v) is 23.0. The highest BCUT2D eigenvalue weighted by molar-refractivity contribution is 5.75. The molecule has 1 atom stereocenters. The molecule has 38 heavy (non-hydrogen) atoms. The summed E-state index contributed by atoms with van der Waals surface area (Å²) >= 11 is 0. The van der Waals surface area contributed by atoms with Crippen LogP contribution in [0.15, 0.2) is 61.1 Å². The Hall–Kier alpha value is -3.42. The van der Waals surface area contributed by atoms with Crippen molar-refractivity contribution in [1.82, 2.24) is 24.8 Å². The third-order valence-electron chi connectivity index (χ3n) is 8.16. The van der Waals surface area contributed by atoms with Gasteiger partial charge >= 0.3 is 0 Å². The van der Waals surface area contributed by atoms with E-state index in [4.69, 9.17) is 4.98 Å². The molecule has 4 heterocycles. The Labute approximate surface area is 225 Å². The van der Waals surface area contributed by atoms with E-state index in [0.29, 0.717) is 24.8 Å². The first-order valence-corrected chi connectivity index (χ1v) is 13.4. The predicted molar refractivity (Wildman–Crippen MR) is 149 cm³/mol. The molecule has 1 N–H and O–H groups in total. The van der Waals surface area contributed by atoms with E-state index in [1.54, 1.807) is 25.5 Å². The van der Waals surface area contributed by atoms with Crippen LogP contribution in [0.25, 0.3) is 17.0 Å². The van der Waals surface area contributed by atoms with Crippen molar-refractivity contribution in [1.29, 1.82) is 0 Å². The van der Waals surface area contributed by atoms with E-state index in [1.165, 1.54) is 5.56 Å². The second-order valence-electron chi connectivity index (χ2n) is 11.4. The van der Waals surface area contributed by atoms with Crippen LogP contribution in [-0.4, -0.2) is 69.0 Å². The molecule has 7 nitrogen and oxygen atoms in total. The van der Waals surface area contributed by atoms with Gasteiger partial charge in [-0.15, -0.1) is 0 Å². The SMILES string of the molecule is CC(=O)N1CC=C(c2ccnc(-c3cncc([C@@](O)(c4ccc(C(C)C)cc4)C4(C)CN(C)C4)c3)n2)CC1. The average molecular weight is 512 g/mol. The van der Waals surface area contributed by atoms with Crippen molar-refractivity contribution < 1.29 is 9.90 Å². The Morgan fingerprint density at radius 2 is 1.84 bits per heavy atom. The number of nitrogens with zero attached hydrogens (tertiary/aromatic N) is 5. The molecule has 0 unspecified atom stereocenters. The number of hydrogen-bond donors (Lipinski definition) is 1. The summed E-state index contributed by atoms with van der Waals surface area (Å²) in [4.78, 5) is 29.7. The summed E-state index contributed by atoms with van der Waals surface area (Å²) < 4.78 is 0. The lowest BCUT2D eigenvalue weighted by atomic mass is 9.62. The first-order chi connectivity index (χ1) is 18.1. The van der Waals surface area contributed by atoms with Gasteiger partial charge in [0.15, 0.2) is 5.82 Å². The molecular weight excluding hydrogens is 474 g/mol. The summed E-state index contributed by atoms with van der Waals surface area (Å²) in [7, 11) is 2.08. The fourth-order valence-electron chi connectivity index (χ4n) is 5.97. The standard InChI is InChI=1S/C31H37N5O2/c1-21(2)23-6-8-26(9-7-23)31(38,30(4)19-35(5)20-30)27-16-25(17-32-18-27)29-33-13-10-28(34-29)24-11-14-36(15-12-24)22(3)37/h6-11,13,16-18,21,38H,12,14-15,19-20H2,1-5H3/t31-/m0/s1. The van der Waals surface area contributed by atoms with Gasteiger partial charge in [-0.25, -0.2) is 9.97 Å². The van der Waals surface area contributed by atoms with Crippen molar-refractivity contribution in [2.75, 3.05) is 33.2 Å². The Morgan fingerprint density at radius 3 is 2.45 bits per heavy atom. The molecule has 1 aromatic carbocycles. The van der Waals surface area contributed by atoms with Crippen LogP contribution in [0.2, 0.25) is 0 Å². The third-order valence-corrected chi connectivity index (χ3v) is 8.16. The number of benzene rings is 1. The largest absolute Gasteiger partial charge is 0.380 e. The minimum Gasteiger partial charge on any atom is -0.380 e. The summed E-state index contributed by atoms with van der Waals surface area (Å²) in [5.41, 5.74) is 3.99. The molecule has 3 aromatic rings. The highest BCUT2D eigenvalue weighted by Crippen LogP contribution is 2.50. The van der Waals surface area contributed by atoms with Gasteiger partial charge in [-0.2, -0.15) is 0 Å². The Bertz CT molecular complexity index is 1360. The summed E-state index contributed by atoms with van der Waals surface area (Å²) in [6.07, 6.45) is 8.12. The Kier molecular flexibility index (Phi) is 6.92. The van der Waals surface area contributed by atoms with E-state index in [0.717, 1.165) is 47.5 Å². The molecule has 198 valence electrons. The van der Waals surface area contributed by atoms with Crippen LogP contribution in [0.1, 0.15) is 62.4 Å². The Morgan fingerprint density at radius 1 is 1.11 bits per heavy atom. The lowest BCUT2D eigenvalue weighted by molar-refractivity contribution is -0.128. The number of aliphatic hydroxyl groups is 1. The molecule has 2 aromatic heterocycles. The second kappa shape index (κ2) is 10.0. The van der Waals surface area contributed by atoms with E-state index in [2.05, 4.69) is 73.0 Å². The number of likely N-dealkylation sites (tertiary alicyclic amines) is 1. The molecular formula is C31H37N5O2. The van der Waals surface area contributed by atoms with E-state index in [-0.39, 0.29) is 11.3 Å². The van der Waals surface area contributed by atoms with Crippen LogP contribution < -0.4 is 0 Å². The van der Waals surface area contributed by atoms with Crippen molar-refractivity contribution in [2.24, 2.45) is 5.41 Å². The number of pyridine rings is 1. The lowest BCUT2D eigenvalue weighted by Gasteiger charge is -2.55. The molecule has 1 saturated heterocycles. The normalized spacial score (nSPS) is 19.0. The Balaban J connectivity index is 1.52. The summed E-state index contributed by atoms with van der Waals surface area (Å²) in [6.45, 7) is 10.9. The molecule has 0 aliphatic carbocycles. The maximum atomic E-state index is 12.5. The number of carbonyl (C=O) groups is 1. The van der Waals surface area contributed by atoms with Gasteiger partial charge in [0.1, 0.15) is 5.60 Å². The number of carbonyl (C=O) groups excluding carboxylic acids is 1. The van der Waals surface area contributed by atoms with Gasteiger partial charge in [-0.3, -0.25) is 9.78 Å². The smallest absolute Gasteiger partial charge is 0.219 e. The summed E-state index contributed by atoms with van der Waals surface area (Å²) in [5, 5.41) is 12.5. The first kappa shape index (κ1) is 26.2. The monoisotopic (exact) mass is 511 g/mol. The van der Waals surface area contributed by atoms with Crippen LogP contribution in [0.3, 0.4) is 0 Å². The second-order valence-corrected chi connectivity index (χ2v) is 11.4. The number of aromatic nitrogens is 3. The summed E-state index contributed by atoms with van der Waals surface area (Å²) in [5.74, 6) is 1.08. The molecule has 0 radical (unpaired) electrons. The minimum atomic E-state index is -1.22. The average Bonchev–Trinajstić information content (AvgIpc) is 2.92. The zero-order valence-electron chi connectivity index (χ0n) is 23.0. The molecule has 0 bridgehead atoms. The van der Waals surface area contributed by atoms with Gasteiger partial charge in [0, 0.05) is 68.2 Å². The van der Waals surface area contributed by atoms with Gasteiger partial charge in [-0.05, 0) is 48.2 Å². The highest BCUT2D eigenvalue weighted by atomic mass is 16.3. The minimum absolute atomic E-state index is 0.0873. The third kappa shape index (κ3) is 4.65. The van der Waals surface area contributed by atoms with E-state index in [9.17, 15) is 9.90 Å². The van der Waals surface area contributed by atoms with E-state index in [1.807, 2.05) is 17.0 Å². The number of amides is 1. The van der Waals surface area contributed by atoms with Crippen LogP contribution in [0, 0.1) is 5.41 Å². The molecule has 5 rings (SSSR count). The van der Waals surface area contributed by atoms with Crippen molar-refractivity contribution in [3.05, 3.63) is 83.4 Å². The van der Waals surface area contributed by atoms with E-state index >= 15 is 0 Å². The van der Waals surface area contributed by atoms with Gasteiger partial charge in [-0.1, -0.05) is 51.1 Å². The molecule has 1 amide bonds. The molecule has 0 spiro atoms. The van der Waals surface area contributed by atoms with Gasteiger partial charge in [0.2, 0.25) is 5.91 Å². The zero-order chi connectivity index (χ0) is 27.1. The van der Waals surface area contributed by atoms with Crippen LogP contribution in [0.4, 0.5) is 0 Å². The maximum Gasteiger partial charge on any atom is 0.219 e. The molecule has 2 aliphatic rings. The molecule has 1 fully saturated rings. The highest BCUT2D eigenvalue weighted by Gasteiger charge is 2.55. The van der Waals surface area contributed by atoms with Gasteiger partial charge < -0.3 is 14.9 Å². The van der Waals surface area contributed by atoms with Crippen molar-refractivity contribution in [3.63, 3.8) is 0 Å². The fraction of sp³-hybridized carbons (Fsp3) is 0.419. The molecule has 0 saturated carbocycles. The summed E-state index contributed by atoms with van der Waals surface area (Å²) in [6, 6.07) is 12.2. The molecule has 7 heteroatoms. The predicted octanol–water partition coefficient (Wildman–Crippen LogP) is 4.49.